The summed E-state index contributed by atoms with van der Waals surface area (Å²) in [6, 6.07) is 14.4. The van der Waals surface area contributed by atoms with Gasteiger partial charge in [0.1, 0.15) is 11.5 Å². The van der Waals surface area contributed by atoms with Gasteiger partial charge in [0, 0.05) is 31.9 Å². The maximum absolute atomic E-state index is 11.9. The Bertz CT molecular complexity index is 680. The van der Waals surface area contributed by atoms with Gasteiger partial charge in [0.05, 0.1) is 6.61 Å². The molecule has 0 spiro atoms. The molecule has 1 aromatic heterocycles. The summed E-state index contributed by atoms with van der Waals surface area (Å²) in [5, 5.41) is 2.95. The fourth-order valence-corrected chi connectivity index (χ4v) is 3.11. The highest BCUT2D eigenvalue weighted by atomic mass is 16.5. The molecule has 140 valence electrons. The molecule has 1 aliphatic rings. The maximum Gasteiger partial charge on any atom is 0.220 e. The molecule has 4 heteroatoms. The second-order valence-corrected chi connectivity index (χ2v) is 7.18. The Kier molecular flexibility index (Phi) is 6.89. The number of nitrogens with one attached hydrogen (secondary N) is 1. The second kappa shape index (κ2) is 9.58. The van der Waals surface area contributed by atoms with Crippen LogP contribution < -0.4 is 5.32 Å². The monoisotopic (exact) mass is 355 g/mol. The fraction of sp³-hybridized carbons (Fsp3) is 0.500. The summed E-state index contributed by atoms with van der Waals surface area (Å²) in [6.45, 7) is 4.30. The van der Waals surface area contributed by atoms with Crippen LogP contribution >= 0.6 is 0 Å². The average Bonchev–Trinajstić information content (AvgIpc) is 3.20. The Morgan fingerprint density at radius 1 is 1.15 bits per heavy atom. The van der Waals surface area contributed by atoms with Crippen LogP contribution in [0.25, 0.3) is 0 Å². The molecule has 1 aliphatic carbocycles. The number of amides is 1. The molecular formula is C22H29NO3. The number of aryl methyl sites for hydroxylation is 1. The molecule has 1 aromatic carbocycles. The van der Waals surface area contributed by atoms with Crippen LogP contribution in [0.1, 0.15) is 49.2 Å². The minimum atomic E-state index is 0.0759. The van der Waals surface area contributed by atoms with Gasteiger partial charge in [-0.15, -0.1) is 0 Å². The third-order valence-corrected chi connectivity index (χ3v) is 4.92. The first kappa shape index (κ1) is 18.7. The van der Waals surface area contributed by atoms with E-state index < -0.39 is 0 Å². The van der Waals surface area contributed by atoms with Crippen LogP contribution in [0.2, 0.25) is 0 Å². The zero-order valence-corrected chi connectivity index (χ0v) is 15.6. The van der Waals surface area contributed by atoms with E-state index in [1.807, 2.05) is 24.3 Å². The van der Waals surface area contributed by atoms with Gasteiger partial charge < -0.3 is 14.5 Å². The lowest BCUT2D eigenvalue weighted by Crippen LogP contribution is -2.25. The van der Waals surface area contributed by atoms with Crippen molar-refractivity contribution in [2.45, 2.75) is 44.9 Å². The van der Waals surface area contributed by atoms with E-state index in [2.05, 4.69) is 30.4 Å². The minimum absolute atomic E-state index is 0.0759. The molecule has 3 rings (SSSR count). The van der Waals surface area contributed by atoms with Gasteiger partial charge in [-0.3, -0.25) is 4.79 Å². The normalized spacial score (nSPS) is 18.7. The Morgan fingerprint density at radius 2 is 1.96 bits per heavy atom. The lowest BCUT2D eigenvalue weighted by molar-refractivity contribution is -0.121. The van der Waals surface area contributed by atoms with Gasteiger partial charge in [-0.2, -0.15) is 0 Å². The van der Waals surface area contributed by atoms with Crippen LogP contribution in [0.15, 0.2) is 46.9 Å². The van der Waals surface area contributed by atoms with Gasteiger partial charge in [0.2, 0.25) is 5.91 Å². The van der Waals surface area contributed by atoms with Crippen molar-refractivity contribution in [1.29, 1.82) is 0 Å². The fourth-order valence-electron chi connectivity index (χ4n) is 3.11. The first-order chi connectivity index (χ1) is 12.7. The minimum Gasteiger partial charge on any atom is -0.466 e. The summed E-state index contributed by atoms with van der Waals surface area (Å²) in [5.74, 6) is 3.41. The first-order valence-electron chi connectivity index (χ1n) is 9.69. The van der Waals surface area contributed by atoms with Gasteiger partial charge in [0.25, 0.3) is 0 Å². The molecule has 26 heavy (non-hydrogen) atoms. The standard InChI is InChI=1S/C22H29NO3/c1-17-16-20(17)21-10-8-19(26-21)9-11-22(24)23-13-5-14-25-15-12-18-6-3-2-4-7-18/h2-4,6-8,10,17,20H,5,9,11-16H2,1H3,(H,23,24). The van der Waals surface area contributed by atoms with Gasteiger partial charge in [-0.25, -0.2) is 0 Å². The van der Waals surface area contributed by atoms with Gasteiger partial charge in [-0.1, -0.05) is 37.3 Å². The van der Waals surface area contributed by atoms with E-state index in [9.17, 15) is 4.79 Å². The molecule has 1 heterocycles. The number of benzene rings is 1. The Labute approximate surface area is 155 Å². The van der Waals surface area contributed by atoms with Crippen molar-refractivity contribution < 1.29 is 13.9 Å². The predicted octanol–water partition coefficient (Wildman–Crippen LogP) is 4.10. The van der Waals surface area contributed by atoms with Crippen LogP contribution in [-0.4, -0.2) is 25.7 Å². The van der Waals surface area contributed by atoms with Crippen LogP contribution in [0.3, 0.4) is 0 Å². The lowest BCUT2D eigenvalue weighted by atomic mass is 10.2. The molecule has 2 unspecified atom stereocenters. The molecule has 0 radical (unpaired) electrons. The van der Waals surface area contributed by atoms with E-state index in [-0.39, 0.29) is 5.91 Å². The summed E-state index contributed by atoms with van der Waals surface area (Å²) in [6.07, 6.45) is 4.13. The molecule has 1 saturated carbocycles. The number of carbonyl (C=O) groups is 1. The first-order valence-corrected chi connectivity index (χ1v) is 9.69. The third-order valence-electron chi connectivity index (χ3n) is 4.92. The van der Waals surface area contributed by atoms with Crippen molar-refractivity contribution in [2.24, 2.45) is 5.92 Å². The number of carbonyl (C=O) groups excluding carboxylic acids is 1. The molecule has 0 aliphatic heterocycles. The number of furan rings is 1. The Morgan fingerprint density at radius 3 is 2.73 bits per heavy atom. The molecule has 0 saturated heterocycles. The van der Waals surface area contributed by atoms with E-state index in [4.69, 9.17) is 9.15 Å². The number of hydrogen-bond donors (Lipinski definition) is 1. The Hall–Kier alpha value is -2.07. The summed E-state index contributed by atoms with van der Waals surface area (Å²) < 4.78 is 11.5. The largest absolute Gasteiger partial charge is 0.466 e. The smallest absolute Gasteiger partial charge is 0.220 e. The highest BCUT2D eigenvalue weighted by Crippen LogP contribution is 2.47. The van der Waals surface area contributed by atoms with Gasteiger partial charge in [-0.05, 0) is 42.9 Å². The second-order valence-electron chi connectivity index (χ2n) is 7.18. The third kappa shape index (κ3) is 6.03. The summed E-state index contributed by atoms with van der Waals surface area (Å²) in [5.41, 5.74) is 1.29. The van der Waals surface area contributed by atoms with Crippen LogP contribution in [0.5, 0.6) is 0 Å². The quantitative estimate of drug-likeness (QED) is 0.617. The van der Waals surface area contributed by atoms with E-state index in [1.165, 1.54) is 12.0 Å². The molecule has 0 bridgehead atoms. The molecule has 2 atom stereocenters. The van der Waals surface area contributed by atoms with E-state index in [1.54, 1.807) is 0 Å². The lowest BCUT2D eigenvalue weighted by Gasteiger charge is -2.06. The zero-order valence-electron chi connectivity index (χ0n) is 15.6. The van der Waals surface area contributed by atoms with Crippen molar-refractivity contribution >= 4 is 5.91 Å². The number of ether oxygens (including phenoxy) is 1. The number of hydrogen-bond acceptors (Lipinski definition) is 3. The topological polar surface area (TPSA) is 51.5 Å². The summed E-state index contributed by atoms with van der Waals surface area (Å²) in [7, 11) is 0. The predicted molar refractivity (Wildman–Crippen MR) is 102 cm³/mol. The maximum atomic E-state index is 11.9. The van der Waals surface area contributed by atoms with Crippen LogP contribution in [0.4, 0.5) is 0 Å². The highest BCUT2D eigenvalue weighted by molar-refractivity contribution is 5.76. The zero-order chi connectivity index (χ0) is 18.2. The summed E-state index contributed by atoms with van der Waals surface area (Å²) >= 11 is 0. The SMILES string of the molecule is CC1CC1c1ccc(CCC(=O)NCCCOCCc2ccccc2)o1. The molecular weight excluding hydrogens is 326 g/mol. The van der Waals surface area contributed by atoms with Gasteiger partial charge in [0.15, 0.2) is 0 Å². The van der Waals surface area contributed by atoms with Crippen molar-refractivity contribution in [3.63, 3.8) is 0 Å². The Balaban J connectivity index is 1.19. The van der Waals surface area contributed by atoms with Crippen molar-refractivity contribution in [1.82, 2.24) is 5.32 Å². The highest BCUT2D eigenvalue weighted by Gasteiger charge is 2.36. The molecule has 1 fully saturated rings. The molecule has 4 nitrogen and oxygen atoms in total. The van der Waals surface area contributed by atoms with Crippen molar-refractivity contribution in [3.8, 4) is 0 Å². The van der Waals surface area contributed by atoms with Crippen LogP contribution in [-0.2, 0) is 22.4 Å². The summed E-state index contributed by atoms with van der Waals surface area (Å²) in [4.78, 5) is 11.9. The molecule has 1 N–H and O–H groups in total. The number of rotatable bonds is 11. The van der Waals surface area contributed by atoms with E-state index in [0.29, 0.717) is 31.9 Å². The molecule has 1 amide bonds. The van der Waals surface area contributed by atoms with Crippen molar-refractivity contribution in [2.75, 3.05) is 19.8 Å². The molecule has 2 aromatic rings. The van der Waals surface area contributed by atoms with E-state index >= 15 is 0 Å². The van der Waals surface area contributed by atoms with E-state index in [0.717, 1.165) is 36.9 Å². The van der Waals surface area contributed by atoms with Gasteiger partial charge >= 0.3 is 0 Å². The average molecular weight is 355 g/mol. The van der Waals surface area contributed by atoms with Crippen molar-refractivity contribution in [3.05, 3.63) is 59.5 Å². The van der Waals surface area contributed by atoms with Crippen LogP contribution in [0, 0.1) is 5.92 Å².